The van der Waals surface area contributed by atoms with Crippen LogP contribution in [0.25, 0.3) is 0 Å². The van der Waals surface area contributed by atoms with Crippen LogP contribution in [0.3, 0.4) is 0 Å². The van der Waals surface area contributed by atoms with Crippen LogP contribution < -0.4 is 15.5 Å². The van der Waals surface area contributed by atoms with Gasteiger partial charge in [0.25, 0.3) is 0 Å². The van der Waals surface area contributed by atoms with E-state index in [0.29, 0.717) is 12.3 Å². The second kappa shape index (κ2) is 9.56. The largest absolute Gasteiger partial charge is 0.366 e. The minimum absolute atomic E-state index is 0.0602. The molecule has 0 radical (unpaired) electrons. The highest BCUT2D eigenvalue weighted by Gasteiger charge is 2.41. The molecule has 0 aromatic carbocycles. The summed E-state index contributed by atoms with van der Waals surface area (Å²) in [5.74, 6) is -2.22. The molecule has 2 heterocycles. The van der Waals surface area contributed by atoms with Crippen molar-refractivity contribution >= 4 is 40.9 Å². The minimum atomic E-state index is -1.05. The maximum absolute atomic E-state index is 12.5. The van der Waals surface area contributed by atoms with Crippen LogP contribution in [0, 0.1) is 5.92 Å². The lowest BCUT2D eigenvalue weighted by Crippen LogP contribution is -3.15. The highest BCUT2D eigenvalue weighted by Crippen LogP contribution is 2.12. The fraction of sp³-hybridized carbons (Fsp3) is 0.588. The number of imide groups is 2. The molecule has 3 N–H and O–H groups in total. The Morgan fingerprint density at radius 1 is 1.41 bits per heavy atom. The molecule has 4 amide bonds. The Kier molecular flexibility index (Phi) is 7.43. The van der Waals surface area contributed by atoms with Gasteiger partial charge in [0.1, 0.15) is 0 Å². The monoisotopic (exact) mass is 395 g/mol. The normalized spacial score (nSPS) is 21.9. The highest BCUT2D eigenvalue weighted by molar-refractivity contribution is 7.80. The number of quaternary nitrogens is 1. The Morgan fingerprint density at radius 2 is 2.07 bits per heavy atom. The molecule has 1 atom stereocenters. The summed E-state index contributed by atoms with van der Waals surface area (Å²) in [5.41, 5.74) is 0.424. The van der Waals surface area contributed by atoms with Gasteiger partial charge in [0.05, 0.1) is 39.3 Å². The van der Waals surface area contributed by atoms with Crippen LogP contribution in [0.2, 0.25) is 0 Å². The van der Waals surface area contributed by atoms with Gasteiger partial charge in [-0.05, 0) is 19.1 Å². The van der Waals surface area contributed by atoms with Crippen LogP contribution in [-0.2, 0) is 9.59 Å². The van der Waals surface area contributed by atoms with E-state index in [9.17, 15) is 14.4 Å². The van der Waals surface area contributed by atoms with Gasteiger partial charge in [-0.25, -0.2) is 4.79 Å². The third-order valence-electron chi connectivity index (χ3n) is 4.78. The molecule has 0 spiro atoms. The topological polar surface area (TPSA) is 98.6 Å². The molecule has 9 nitrogen and oxygen atoms in total. The average Bonchev–Trinajstić information content (AvgIpc) is 2.65. The Bertz CT molecular complexity index is 657. The molecule has 2 fully saturated rings. The zero-order valence-electron chi connectivity index (χ0n) is 15.8. The number of hydrogen-bond acceptors (Lipinski definition) is 5. The molecule has 10 heteroatoms. The summed E-state index contributed by atoms with van der Waals surface area (Å²) < 4.78 is 0. The molecule has 2 aliphatic heterocycles. The van der Waals surface area contributed by atoms with Crippen molar-refractivity contribution in [3.8, 4) is 0 Å². The highest BCUT2D eigenvalue weighted by atomic mass is 32.1. The van der Waals surface area contributed by atoms with Gasteiger partial charge in [-0.2, -0.15) is 0 Å². The van der Waals surface area contributed by atoms with E-state index in [4.69, 9.17) is 12.2 Å². The number of carbonyl (C=O) groups is 3. The van der Waals surface area contributed by atoms with Crippen molar-refractivity contribution < 1.29 is 19.3 Å². The maximum atomic E-state index is 12.5. The standard InChI is InChI=1S/C17H26N6O3S/c1-4-6-23-15(25)13(14(24)20-16(23)26)12(2)19-5-7-21-8-10-22(11-9-21)17(27)18-3/h4,13H,1,5-11H2,2-3H3,(H,18,27)(H,20,24,26)/p+1. The van der Waals surface area contributed by atoms with Gasteiger partial charge in [0.15, 0.2) is 11.0 Å². The lowest BCUT2D eigenvalue weighted by atomic mass is 9.99. The van der Waals surface area contributed by atoms with Crippen molar-refractivity contribution in [1.29, 1.82) is 0 Å². The minimum Gasteiger partial charge on any atom is -0.366 e. The second-order valence-electron chi connectivity index (χ2n) is 6.53. The van der Waals surface area contributed by atoms with Crippen LogP contribution in [0.4, 0.5) is 4.79 Å². The van der Waals surface area contributed by atoms with Crippen molar-refractivity contribution in [3.63, 3.8) is 0 Å². The predicted octanol–water partition coefficient (Wildman–Crippen LogP) is -1.97. The first-order chi connectivity index (χ1) is 12.9. The zero-order chi connectivity index (χ0) is 20.0. The average molecular weight is 396 g/mol. The third kappa shape index (κ3) is 5.10. The van der Waals surface area contributed by atoms with E-state index < -0.39 is 23.8 Å². The number of thiocarbonyl (C=S) groups is 1. The van der Waals surface area contributed by atoms with Gasteiger partial charge >= 0.3 is 6.03 Å². The summed E-state index contributed by atoms with van der Waals surface area (Å²) in [6.45, 7) is 10.3. The van der Waals surface area contributed by atoms with Crippen molar-refractivity contribution in [3.05, 3.63) is 12.7 Å². The molecular weight excluding hydrogens is 368 g/mol. The van der Waals surface area contributed by atoms with Gasteiger partial charge in [0.2, 0.25) is 11.8 Å². The molecule has 0 aliphatic carbocycles. The number of aliphatic imine (C=N–C) groups is 1. The van der Waals surface area contributed by atoms with Gasteiger partial charge in [-0.15, -0.1) is 6.58 Å². The Morgan fingerprint density at radius 3 is 2.67 bits per heavy atom. The van der Waals surface area contributed by atoms with Crippen LogP contribution in [-0.4, -0.2) is 91.3 Å². The van der Waals surface area contributed by atoms with Crippen LogP contribution in [0.5, 0.6) is 0 Å². The third-order valence-corrected chi connectivity index (χ3v) is 5.24. The summed E-state index contributed by atoms with van der Waals surface area (Å²) in [5, 5.41) is 5.96. The van der Waals surface area contributed by atoms with Crippen LogP contribution in [0.15, 0.2) is 17.6 Å². The molecule has 27 heavy (non-hydrogen) atoms. The number of nitrogens with zero attached hydrogens (tertiary/aromatic N) is 3. The lowest BCUT2D eigenvalue weighted by molar-refractivity contribution is -0.902. The Hall–Kier alpha value is -2.33. The van der Waals surface area contributed by atoms with E-state index in [1.165, 1.54) is 11.0 Å². The number of rotatable bonds is 6. The van der Waals surface area contributed by atoms with Crippen molar-refractivity contribution in [2.24, 2.45) is 10.9 Å². The van der Waals surface area contributed by atoms with E-state index >= 15 is 0 Å². The molecule has 148 valence electrons. The first-order valence-electron chi connectivity index (χ1n) is 8.97. The van der Waals surface area contributed by atoms with Gasteiger partial charge in [-0.3, -0.25) is 24.8 Å². The number of amides is 4. The maximum Gasteiger partial charge on any atom is 0.331 e. The number of carbonyl (C=O) groups excluding carboxylic acids is 3. The lowest BCUT2D eigenvalue weighted by Gasteiger charge is -2.33. The first-order valence-corrected chi connectivity index (χ1v) is 9.38. The first kappa shape index (κ1) is 21.0. The van der Waals surface area contributed by atoms with E-state index in [1.54, 1.807) is 6.92 Å². The fourth-order valence-electron chi connectivity index (χ4n) is 3.20. The fourth-order valence-corrected chi connectivity index (χ4v) is 3.38. The predicted molar refractivity (Wildman–Crippen MR) is 106 cm³/mol. The molecule has 1 unspecified atom stereocenters. The number of urea groups is 1. The zero-order valence-corrected chi connectivity index (χ0v) is 16.6. The molecule has 2 rings (SSSR count). The second-order valence-corrected chi connectivity index (χ2v) is 6.92. The summed E-state index contributed by atoms with van der Waals surface area (Å²) in [6.07, 6.45) is 1.44. The van der Waals surface area contributed by atoms with Crippen LogP contribution >= 0.6 is 12.2 Å². The number of piperazine rings is 1. The van der Waals surface area contributed by atoms with Gasteiger partial charge < -0.3 is 15.1 Å². The van der Waals surface area contributed by atoms with E-state index in [0.717, 1.165) is 42.7 Å². The van der Waals surface area contributed by atoms with Gasteiger partial charge in [-0.1, -0.05) is 6.08 Å². The van der Waals surface area contributed by atoms with E-state index in [2.05, 4.69) is 27.1 Å². The van der Waals surface area contributed by atoms with Crippen molar-refractivity contribution in [2.75, 3.05) is 52.9 Å². The number of barbiturate groups is 1. The van der Waals surface area contributed by atoms with Crippen molar-refractivity contribution in [1.82, 2.24) is 20.4 Å². The number of nitrogens with one attached hydrogen (secondary N) is 3. The summed E-state index contributed by atoms with van der Waals surface area (Å²) in [4.78, 5) is 45.3. The molecule has 0 aromatic rings. The van der Waals surface area contributed by atoms with Crippen LogP contribution in [0.1, 0.15) is 6.92 Å². The van der Waals surface area contributed by atoms with Gasteiger partial charge in [0, 0.05) is 19.3 Å². The summed E-state index contributed by atoms with van der Waals surface area (Å²) >= 11 is 5.25. The Labute approximate surface area is 164 Å². The molecular formula is C17H27N6O3S+. The summed E-state index contributed by atoms with van der Waals surface area (Å²) in [6, 6.07) is -0.712. The SMILES string of the molecule is C=CCN1C(=O)NC(=O)C(C(C)=NCC[NH+]2CCN(C(=S)NC)CC2)C1=O. The summed E-state index contributed by atoms with van der Waals surface area (Å²) in [7, 11) is 1.82. The molecule has 2 aliphatic rings. The molecule has 0 aromatic heterocycles. The van der Waals surface area contributed by atoms with Crippen molar-refractivity contribution in [2.45, 2.75) is 6.92 Å². The quantitative estimate of drug-likeness (QED) is 0.209. The molecule has 0 saturated carbocycles. The Balaban J connectivity index is 1.89. The molecule has 0 bridgehead atoms. The number of hydrogen-bond donors (Lipinski definition) is 3. The molecule has 2 saturated heterocycles. The van der Waals surface area contributed by atoms with E-state index in [1.807, 2.05) is 7.05 Å². The smallest absolute Gasteiger partial charge is 0.331 e. The van der Waals surface area contributed by atoms with E-state index in [-0.39, 0.29) is 6.54 Å².